The lowest BCUT2D eigenvalue weighted by molar-refractivity contribution is -0.276. The first-order chi connectivity index (χ1) is 8.78. The standard InChI is InChI=1S/C10H8F5N3O/c11-8(12)6-3-5(4-17)9(19-10(13,14)15)18-7(6)1-2-16/h3,8H,1,4,17H2. The highest BCUT2D eigenvalue weighted by atomic mass is 19.4. The van der Waals surface area contributed by atoms with E-state index >= 15 is 0 Å². The molecule has 0 unspecified atom stereocenters. The number of ether oxygens (including phenoxy) is 1. The summed E-state index contributed by atoms with van der Waals surface area (Å²) < 4.78 is 65.3. The predicted octanol–water partition coefficient (Wildman–Crippen LogP) is 2.44. The fraction of sp³-hybridized carbons (Fsp3) is 0.400. The Morgan fingerprint density at radius 1 is 1.42 bits per heavy atom. The van der Waals surface area contributed by atoms with Crippen molar-refractivity contribution in [2.24, 2.45) is 5.73 Å². The maximum absolute atomic E-state index is 12.7. The van der Waals surface area contributed by atoms with Gasteiger partial charge in [0.2, 0.25) is 5.88 Å². The van der Waals surface area contributed by atoms with Gasteiger partial charge in [-0.15, -0.1) is 13.2 Å². The van der Waals surface area contributed by atoms with Gasteiger partial charge < -0.3 is 10.5 Å². The van der Waals surface area contributed by atoms with Crippen LogP contribution in [0, 0.1) is 11.3 Å². The Kier molecular flexibility index (Phi) is 4.61. The zero-order chi connectivity index (χ0) is 14.6. The van der Waals surface area contributed by atoms with E-state index in [4.69, 9.17) is 11.0 Å². The van der Waals surface area contributed by atoms with E-state index in [0.717, 1.165) is 6.07 Å². The highest BCUT2D eigenvalue weighted by Crippen LogP contribution is 2.30. The van der Waals surface area contributed by atoms with Crippen molar-refractivity contribution in [1.29, 1.82) is 5.26 Å². The van der Waals surface area contributed by atoms with Crippen LogP contribution in [0.2, 0.25) is 0 Å². The van der Waals surface area contributed by atoms with Gasteiger partial charge in [-0.05, 0) is 6.07 Å². The van der Waals surface area contributed by atoms with Gasteiger partial charge in [-0.1, -0.05) is 0 Å². The lowest BCUT2D eigenvalue weighted by Gasteiger charge is -2.14. The number of hydrogen-bond acceptors (Lipinski definition) is 4. The predicted molar refractivity (Wildman–Crippen MR) is 53.1 cm³/mol. The maximum atomic E-state index is 12.7. The van der Waals surface area contributed by atoms with Crippen LogP contribution in [0.4, 0.5) is 22.0 Å². The number of rotatable bonds is 4. The Labute approximate surface area is 104 Å². The minimum absolute atomic E-state index is 0.311. The van der Waals surface area contributed by atoms with Gasteiger partial charge in [-0.2, -0.15) is 5.26 Å². The van der Waals surface area contributed by atoms with E-state index in [1.807, 2.05) is 0 Å². The number of aromatic nitrogens is 1. The molecule has 1 heterocycles. The number of alkyl halides is 5. The number of nitrogens with two attached hydrogens (primary N) is 1. The topological polar surface area (TPSA) is 71.9 Å². The molecule has 0 saturated carbocycles. The Morgan fingerprint density at radius 3 is 2.47 bits per heavy atom. The highest BCUT2D eigenvalue weighted by Gasteiger charge is 2.33. The van der Waals surface area contributed by atoms with Crippen LogP contribution in [0.5, 0.6) is 5.88 Å². The minimum Gasteiger partial charge on any atom is -0.388 e. The SMILES string of the molecule is N#CCc1nc(OC(F)(F)F)c(CN)cc1C(F)F. The summed E-state index contributed by atoms with van der Waals surface area (Å²) in [6, 6.07) is 2.31. The van der Waals surface area contributed by atoms with Crippen LogP contribution in [0.3, 0.4) is 0 Å². The molecule has 104 valence electrons. The molecule has 2 N–H and O–H groups in total. The van der Waals surface area contributed by atoms with Gasteiger partial charge in [0.25, 0.3) is 6.43 Å². The Hall–Kier alpha value is -1.95. The third-order valence-electron chi connectivity index (χ3n) is 2.09. The lowest BCUT2D eigenvalue weighted by atomic mass is 10.1. The fourth-order valence-electron chi connectivity index (χ4n) is 1.34. The number of nitrogens with zero attached hydrogens (tertiary/aromatic N) is 2. The van der Waals surface area contributed by atoms with Crippen LogP contribution in [0.15, 0.2) is 6.07 Å². The molecular formula is C10H8F5N3O. The first kappa shape index (κ1) is 15.1. The van der Waals surface area contributed by atoms with E-state index < -0.39 is 42.9 Å². The second-order valence-corrected chi connectivity index (χ2v) is 3.38. The van der Waals surface area contributed by atoms with Crippen molar-refractivity contribution in [3.05, 3.63) is 22.9 Å². The first-order valence-corrected chi connectivity index (χ1v) is 4.92. The monoisotopic (exact) mass is 281 g/mol. The Balaban J connectivity index is 3.31. The van der Waals surface area contributed by atoms with Gasteiger partial charge in [0.05, 0.1) is 18.2 Å². The van der Waals surface area contributed by atoms with Crippen molar-refractivity contribution in [3.8, 4) is 11.9 Å². The molecule has 0 radical (unpaired) electrons. The second kappa shape index (κ2) is 5.79. The summed E-state index contributed by atoms with van der Waals surface area (Å²) in [5.41, 5.74) is 3.76. The van der Waals surface area contributed by atoms with Gasteiger partial charge >= 0.3 is 6.36 Å². The average molecular weight is 281 g/mol. The minimum atomic E-state index is -5.02. The van der Waals surface area contributed by atoms with Crippen molar-refractivity contribution in [1.82, 2.24) is 4.98 Å². The molecule has 0 aromatic carbocycles. The summed E-state index contributed by atoms with van der Waals surface area (Å²) in [7, 11) is 0. The van der Waals surface area contributed by atoms with Crippen molar-refractivity contribution >= 4 is 0 Å². The Bertz CT molecular complexity index is 495. The van der Waals surface area contributed by atoms with Gasteiger partial charge in [0, 0.05) is 17.7 Å². The second-order valence-electron chi connectivity index (χ2n) is 3.38. The molecule has 1 aromatic heterocycles. The third-order valence-corrected chi connectivity index (χ3v) is 2.09. The Morgan fingerprint density at radius 2 is 2.05 bits per heavy atom. The normalized spacial score (nSPS) is 11.5. The summed E-state index contributed by atoms with van der Waals surface area (Å²) in [6.07, 6.45) is -8.55. The van der Waals surface area contributed by atoms with Crippen LogP contribution in [-0.2, 0) is 13.0 Å². The molecule has 0 aliphatic heterocycles. The van der Waals surface area contributed by atoms with Crippen LogP contribution in [0.25, 0.3) is 0 Å². The van der Waals surface area contributed by atoms with E-state index in [-0.39, 0.29) is 5.56 Å². The number of halogens is 5. The maximum Gasteiger partial charge on any atom is 0.574 e. The molecular weight excluding hydrogens is 273 g/mol. The number of hydrogen-bond donors (Lipinski definition) is 1. The van der Waals surface area contributed by atoms with Crippen molar-refractivity contribution in [2.75, 3.05) is 0 Å². The van der Waals surface area contributed by atoms with Gasteiger partial charge in [-0.3, -0.25) is 0 Å². The highest BCUT2D eigenvalue weighted by molar-refractivity contribution is 5.36. The van der Waals surface area contributed by atoms with E-state index in [0.29, 0.717) is 0 Å². The summed E-state index contributed by atoms with van der Waals surface area (Å²) in [5.74, 6) is -0.912. The molecule has 0 bridgehead atoms. The summed E-state index contributed by atoms with van der Waals surface area (Å²) >= 11 is 0. The summed E-state index contributed by atoms with van der Waals surface area (Å²) in [6.45, 7) is -0.453. The fourth-order valence-corrected chi connectivity index (χ4v) is 1.34. The molecule has 4 nitrogen and oxygen atoms in total. The van der Waals surface area contributed by atoms with Crippen molar-refractivity contribution in [2.45, 2.75) is 25.8 Å². The van der Waals surface area contributed by atoms with Gasteiger partial charge in [-0.25, -0.2) is 13.8 Å². The van der Waals surface area contributed by atoms with Gasteiger partial charge in [0.1, 0.15) is 0 Å². The average Bonchev–Trinajstić information content (AvgIpc) is 2.27. The zero-order valence-electron chi connectivity index (χ0n) is 9.34. The zero-order valence-corrected chi connectivity index (χ0v) is 9.34. The van der Waals surface area contributed by atoms with Crippen LogP contribution < -0.4 is 10.5 Å². The number of pyridine rings is 1. The molecule has 0 atom stereocenters. The van der Waals surface area contributed by atoms with Crippen LogP contribution >= 0.6 is 0 Å². The molecule has 0 saturated heterocycles. The van der Waals surface area contributed by atoms with E-state index in [2.05, 4.69) is 9.72 Å². The molecule has 0 aliphatic rings. The van der Waals surface area contributed by atoms with E-state index in [1.165, 1.54) is 0 Å². The van der Waals surface area contributed by atoms with Gasteiger partial charge in [0.15, 0.2) is 0 Å². The van der Waals surface area contributed by atoms with Crippen LogP contribution in [0.1, 0.15) is 23.2 Å². The molecule has 1 aromatic rings. The van der Waals surface area contributed by atoms with E-state index in [1.54, 1.807) is 6.07 Å². The molecule has 0 spiro atoms. The first-order valence-electron chi connectivity index (χ1n) is 4.92. The van der Waals surface area contributed by atoms with E-state index in [9.17, 15) is 22.0 Å². The summed E-state index contributed by atoms with van der Waals surface area (Å²) in [4.78, 5) is 3.32. The van der Waals surface area contributed by atoms with Crippen LogP contribution in [-0.4, -0.2) is 11.3 Å². The molecule has 0 fully saturated rings. The quantitative estimate of drug-likeness (QED) is 0.860. The molecule has 0 aliphatic carbocycles. The lowest BCUT2D eigenvalue weighted by Crippen LogP contribution is -2.20. The molecule has 9 heteroatoms. The van der Waals surface area contributed by atoms with Crippen molar-refractivity contribution < 1.29 is 26.7 Å². The van der Waals surface area contributed by atoms with Crippen molar-refractivity contribution in [3.63, 3.8) is 0 Å². The molecule has 1 rings (SSSR count). The summed E-state index contributed by atoms with van der Waals surface area (Å²) in [5, 5.41) is 8.45. The molecule has 19 heavy (non-hydrogen) atoms. The third kappa shape index (κ3) is 4.03. The molecule has 0 amide bonds. The largest absolute Gasteiger partial charge is 0.574 e. The smallest absolute Gasteiger partial charge is 0.388 e. The number of nitriles is 1.